The lowest BCUT2D eigenvalue weighted by molar-refractivity contribution is -0.160. The van der Waals surface area contributed by atoms with Crippen LogP contribution in [0.2, 0.25) is 0 Å². The molecule has 0 spiro atoms. The molecule has 0 aromatic heterocycles. The van der Waals surface area contributed by atoms with Gasteiger partial charge in [0.05, 0.1) is 25.0 Å². The van der Waals surface area contributed by atoms with Gasteiger partial charge < -0.3 is 24.4 Å². The van der Waals surface area contributed by atoms with E-state index < -0.39 is 76.8 Å². The van der Waals surface area contributed by atoms with Gasteiger partial charge >= 0.3 is 11.9 Å². The molecule has 0 saturated carbocycles. The maximum Gasteiger partial charge on any atom is 0.307 e. The smallest absolute Gasteiger partial charge is 0.307 e. The number of rotatable bonds is 27. The minimum atomic E-state index is -1.65. The predicted octanol–water partition coefficient (Wildman–Crippen LogP) is 4.33. The van der Waals surface area contributed by atoms with E-state index in [4.69, 9.17) is 14.2 Å². The Balaban J connectivity index is 2.57. The summed E-state index contributed by atoms with van der Waals surface area (Å²) < 4.78 is 17.1. The minimum Gasteiger partial charge on any atom is -0.481 e. The lowest BCUT2D eigenvalue weighted by Gasteiger charge is -2.29. The Kier molecular flexibility index (Phi) is 17.5. The summed E-state index contributed by atoms with van der Waals surface area (Å²) in [6.45, 7) is 11.8. The number of unbranched alkanes of at least 4 members (excludes halogenated alkanes) is 5. The third-order valence-electron chi connectivity index (χ3n) is 8.60. The number of aliphatic carboxylic acids is 2. The number of carboxylic acid groups (broad SMARTS) is 2. The van der Waals surface area contributed by atoms with Crippen LogP contribution in [0, 0.1) is 11.8 Å². The molecule has 1 aliphatic rings. The molecule has 0 aliphatic carbocycles. The highest BCUT2D eigenvalue weighted by Crippen LogP contribution is 2.28. The Bertz CT molecular complexity index is 1170. The van der Waals surface area contributed by atoms with Gasteiger partial charge in [0.1, 0.15) is 16.8 Å². The van der Waals surface area contributed by atoms with Crippen molar-refractivity contribution in [1.82, 2.24) is 4.90 Å². The van der Waals surface area contributed by atoms with Gasteiger partial charge in [0, 0.05) is 44.6 Å². The highest BCUT2D eigenvalue weighted by atomic mass is 16.5. The first-order chi connectivity index (χ1) is 22.3. The van der Waals surface area contributed by atoms with Crippen molar-refractivity contribution in [2.24, 2.45) is 11.8 Å². The number of Topliss-reactive ketones (excluding diaryl/α,β-unsaturated/α-hetero) is 3. The first-order valence-electron chi connectivity index (χ1n) is 16.8. The third-order valence-corrected chi connectivity index (χ3v) is 8.60. The Morgan fingerprint density at radius 3 is 1.44 bits per heavy atom. The van der Waals surface area contributed by atoms with Gasteiger partial charge in [-0.15, -0.1) is 0 Å². The standard InChI is InChI=1S/C35H55NO12/c1-8-9-10-13-19-46-34(4,5)27(38)22-24(31(42)43)25(32(44)45)23-28(39)35(6,7)47-20-14-11-12-15-26(37)33(2,3)48-21-18-36-29(40)16-17-30(36)41/h16-17,24-25H,8-15,18-23H2,1-7H3,(H,42,43)(H,44,45). The molecule has 2 unspecified atom stereocenters. The Morgan fingerprint density at radius 1 is 0.625 bits per heavy atom. The van der Waals surface area contributed by atoms with E-state index in [0.29, 0.717) is 25.9 Å². The van der Waals surface area contributed by atoms with E-state index in [1.54, 1.807) is 13.8 Å². The molecule has 1 heterocycles. The number of nitrogens with zero attached hydrogens (tertiary/aromatic N) is 1. The Morgan fingerprint density at radius 2 is 1.02 bits per heavy atom. The number of hydrogen-bond acceptors (Lipinski definition) is 10. The highest BCUT2D eigenvalue weighted by molar-refractivity contribution is 6.12. The number of hydrogen-bond donors (Lipinski definition) is 2. The molecule has 0 aromatic rings. The molecule has 272 valence electrons. The number of imide groups is 1. The molecule has 1 aliphatic heterocycles. The lowest BCUT2D eigenvalue weighted by atomic mass is 9.80. The lowest BCUT2D eigenvalue weighted by Crippen LogP contribution is -2.43. The molecule has 0 radical (unpaired) electrons. The maximum absolute atomic E-state index is 13.1. The number of carbonyl (C=O) groups excluding carboxylic acids is 5. The average Bonchev–Trinajstić information content (AvgIpc) is 3.31. The zero-order valence-electron chi connectivity index (χ0n) is 29.6. The highest BCUT2D eigenvalue weighted by Gasteiger charge is 2.42. The third kappa shape index (κ3) is 14.1. The van der Waals surface area contributed by atoms with E-state index in [0.717, 1.165) is 30.6 Å². The van der Waals surface area contributed by atoms with Crippen molar-refractivity contribution < 1.29 is 58.0 Å². The zero-order chi connectivity index (χ0) is 36.7. The van der Waals surface area contributed by atoms with Crippen LogP contribution in [-0.2, 0) is 47.8 Å². The Hall–Kier alpha value is -3.29. The second-order valence-electron chi connectivity index (χ2n) is 13.7. The van der Waals surface area contributed by atoms with Gasteiger partial charge in [-0.3, -0.25) is 38.5 Å². The molecule has 0 aromatic carbocycles. The van der Waals surface area contributed by atoms with Crippen molar-refractivity contribution in [3.05, 3.63) is 12.2 Å². The van der Waals surface area contributed by atoms with Crippen LogP contribution in [0.3, 0.4) is 0 Å². The van der Waals surface area contributed by atoms with Crippen LogP contribution in [-0.4, -0.2) is 99.4 Å². The van der Waals surface area contributed by atoms with Crippen molar-refractivity contribution in [2.45, 2.75) is 129 Å². The summed E-state index contributed by atoms with van der Waals surface area (Å²) in [5.74, 6) is -8.42. The number of carbonyl (C=O) groups is 7. The molecule has 2 atom stereocenters. The fourth-order valence-corrected chi connectivity index (χ4v) is 5.03. The van der Waals surface area contributed by atoms with Gasteiger partial charge in [0.2, 0.25) is 0 Å². The molecule has 2 N–H and O–H groups in total. The van der Waals surface area contributed by atoms with Crippen LogP contribution in [0.1, 0.15) is 113 Å². The average molecular weight is 682 g/mol. The summed E-state index contributed by atoms with van der Waals surface area (Å²) in [4.78, 5) is 87.4. The summed E-state index contributed by atoms with van der Waals surface area (Å²) in [6.07, 6.45) is 6.69. The molecule has 0 bridgehead atoms. The van der Waals surface area contributed by atoms with E-state index in [1.165, 1.54) is 39.8 Å². The van der Waals surface area contributed by atoms with Gasteiger partial charge in [-0.25, -0.2) is 0 Å². The van der Waals surface area contributed by atoms with E-state index in [2.05, 4.69) is 6.92 Å². The molecule has 13 nitrogen and oxygen atoms in total. The molecule has 13 heteroatoms. The summed E-state index contributed by atoms with van der Waals surface area (Å²) in [7, 11) is 0. The van der Waals surface area contributed by atoms with Gasteiger partial charge in [-0.05, 0) is 60.8 Å². The number of carboxylic acids is 2. The van der Waals surface area contributed by atoms with E-state index in [9.17, 15) is 43.8 Å². The number of amides is 2. The van der Waals surface area contributed by atoms with Gasteiger partial charge in [-0.1, -0.05) is 32.6 Å². The molecular weight excluding hydrogens is 626 g/mol. The van der Waals surface area contributed by atoms with E-state index in [-0.39, 0.29) is 32.0 Å². The predicted molar refractivity (Wildman–Crippen MR) is 175 cm³/mol. The van der Waals surface area contributed by atoms with Crippen LogP contribution in [0.5, 0.6) is 0 Å². The Labute approximate surface area is 283 Å². The maximum atomic E-state index is 13.1. The molecule has 0 fully saturated rings. The van der Waals surface area contributed by atoms with Crippen molar-refractivity contribution in [1.29, 1.82) is 0 Å². The summed E-state index contributed by atoms with van der Waals surface area (Å²) in [5, 5.41) is 19.7. The van der Waals surface area contributed by atoms with Crippen LogP contribution in [0.4, 0.5) is 0 Å². The minimum absolute atomic E-state index is 0.0205. The monoisotopic (exact) mass is 681 g/mol. The van der Waals surface area contributed by atoms with Crippen molar-refractivity contribution in [2.75, 3.05) is 26.4 Å². The molecule has 48 heavy (non-hydrogen) atoms. The number of ketones is 3. The summed E-state index contributed by atoms with van der Waals surface area (Å²) in [6, 6.07) is 0. The normalized spacial score (nSPS) is 15.1. The first-order valence-corrected chi connectivity index (χ1v) is 16.8. The van der Waals surface area contributed by atoms with Crippen molar-refractivity contribution in [3.8, 4) is 0 Å². The van der Waals surface area contributed by atoms with Gasteiger partial charge in [-0.2, -0.15) is 0 Å². The zero-order valence-corrected chi connectivity index (χ0v) is 29.6. The number of ether oxygens (including phenoxy) is 3. The first kappa shape index (κ1) is 42.7. The second-order valence-corrected chi connectivity index (χ2v) is 13.7. The van der Waals surface area contributed by atoms with Gasteiger partial charge in [0.25, 0.3) is 11.8 Å². The molecule has 1 rings (SSSR count). The van der Waals surface area contributed by atoms with E-state index >= 15 is 0 Å². The summed E-state index contributed by atoms with van der Waals surface area (Å²) >= 11 is 0. The van der Waals surface area contributed by atoms with Gasteiger partial charge in [0.15, 0.2) is 17.3 Å². The van der Waals surface area contributed by atoms with Crippen LogP contribution in [0.15, 0.2) is 12.2 Å². The van der Waals surface area contributed by atoms with Crippen molar-refractivity contribution >= 4 is 41.1 Å². The van der Waals surface area contributed by atoms with Crippen molar-refractivity contribution in [3.63, 3.8) is 0 Å². The van der Waals surface area contributed by atoms with Crippen LogP contribution in [0.25, 0.3) is 0 Å². The quantitative estimate of drug-likeness (QED) is 0.0923. The van der Waals surface area contributed by atoms with E-state index in [1.807, 2.05) is 0 Å². The topological polar surface area (TPSA) is 191 Å². The SMILES string of the molecule is CCCCCCOC(C)(C)C(=O)CC(C(=O)O)C(CC(=O)C(C)(C)OCCCCCC(=O)C(C)(C)OCCN1C(=O)C=CC1=O)C(=O)O. The molecule has 0 saturated heterocycles. The fraction of sp³-hybridized carbons (Fsp3) is 0.743. The fourth-order valence-electron chi connectivity index (χ4n) is 5.03. The molecule has 2 amide bonds. The largest absolute Gasteiger partial charge is 0.481 e. The second kappa shape index (κ2) is 19.6. The summed E-state index contributed by atoms with van der Waals surface area (Å²) in [5.41, 5.74) is -3.83. The van der Waals surface area contributed by atoms with Crippen LogP contribution < -0.4 is 0 Å². The molecular formula is C35H55NO12. The van der Waals surface area contributed by atoms with Crippen LogP contribution >= 0.6 is 0 Å².